The summed E-state index contributed by atoms with van der Waals surface area (Å²) in [5.74, 6) is 0. The van der Waals surface area contributed by atoms with Gasteiger partial charge in [-0.05, 0) is 34.8 Å². The highest BCUT2D eigenvalue weighted by Crippen LogP contribution is 2.32. The number of diazo groups is 1. The van der Waals surface area contributed by atoms with Gasteiger partial charge in [0.1, 0.15) is 0 Å². The Balaban J connectivity index is 0.00000112. The molecule has 1 saturated heterocycles. The average molecular weight is 289 g/mol. The monoisotopic (exact) mass is 287 g/mol. The van der Waals surface area contributed by atoms with Crippen molar-refractivity contribution in [2.75, 3.05) is 18.0 Å². The number of hydrogen-bond donors (Lipinski definition) is 0. The van der Waals surface area contributed by atoms with Crippen molar-refractivity contribution in [1.29, 1.82) is 5.39 Å². The van der Waals surface area contributed by atoms with Gasteiger partial charge in [0.15, 0.2) is 4.98 Å². The minimum atomic E-state index is 0. The highest BCUT2D eigenvalue weighted by molar-refractivity contribution is 9.10. The molecule has 3 nitrogen and oxygen atoms in total. The second-order valence-corrected chi connectivity index (χ2v) is 4.28. The summed E-state index contributed by atoms with van der Waals surface area (Å²) in [5.41, 5.74) is 1.77. The molecule has 0 aliphatic carbocycles. The van der Waals surface area contributed by atoms with Gasteiger partial charge in [-0.15, -0.1) is 0 Å². The van der Waals surface area contributed by atoms with Gasteiger partial charge in [0.2, 0.25) is 5.39 Å². The van der Waals surface area contributed by atoms with E-state index in [1.54, 1.807) is 0 Å². The Labute approximate surface area is 104 Å². The lowest BCUT2D eigenvalue weighted by Crippen LogP contribution is -3.00. The maximum absolute atomic E-state index is 8.61. The molecule has 15 heavy (non-hydrogen) atoms. The lowest BCUT2D eigenvalue weighted by molar-refractivity contribution is -0.00000292. The summed E-state index contributed by atoms with van der Waals surface area (Å²) in [7, 11) is 0. The molecule has 2 rings (SSSR count). The third kappa shape index (κ3) is 2.61. The Bertz CT molecular complexity index is 383. The van der Waals surface area contributed by atoms with Crippen molar-refractivity contribution in [3.63, 3.8) is 0 Å². The summed E-state index contributed by atoms with van der Waals surface area (Å²) in [6, 6.07) is 5.64. The van der Waals surface area contributed by atoms with Crippen molar-refractivity contribution >= 4 is 27.3 Å². The first-order valence-electron chi connectivity index (χ1n) is 4.71. The van der Waals surface area contributed by atoms with E-state index in [9.17, 15) is 0 Å². The fourth-order valence-electron chi connectivity index (χ4n) is 1.77. The molecule has 0 atom stereocenters. The predicted molar refractivity (Wildman–Crippen MR) is 60.3 cm³/mol. The number of benzene rings is 1. The highest BCUT2D eigenvalue weighted by atomic mass is 79.9. The molecule has 1 aromatic carbocycles. The summed E-state index contributed by atoms with van der Waals surface area (Å²) < 4.78 is 0.995. The molecule has 0 bridgehead atoms. The molecule has 0 saturated carbocycles. The Hall–Kier alpha value is -0.790. The smallest absolute Gasteiger partial charge is 0.386 e. The summed E-state index contributed by atoms with van der Waals surface area (Å²) in [6.07, 6.45) is 2.52. The van der Waals surface area contributed by atoms with E-state index in [2.05, 4.69) is 25.8 Å². The minimum Gasteiger partial charge on any atom is -1.00 e. The molecule has 5 heteroatoms. The topological polar surface area (TPSA) is 31.4 Å². The standard InChI is InChI=1S/C10H11BrN3.ClH/c11-9-7-8(13-12)3-4-10(9)14-5-1-2-6-14;/h3-4,7H,1-2,5-6H2;1H/q+1;/p-1. The van der Waals surface area contributed by atoms with Crippen LogP contribution >= 0.6 is 15.9 Å². The molecule has 0 spiro atoms. The van der Waals surface area contributed by atoms with Crippen molar-refractivity contribution in [2.45, 2.75) is 12.8 Å². The summed E-state index contributed by atoms with van der Waals surface area (Å²) >= 11 is 3.49. The van der Waals surface area contributed by atoms with Crippen molar-refractivity contribution in [2.24, 2.45) is 0 Å². The molecule has 1 heterocycles. The van der Waals surface area contributed by atoms with E-state index in [0.717, 1.165) is 17.6 Å². The second kappa shape index (κ2) is 5.34. The number of rotatable bonds is 1. The lowest BCUT2D eigenvalue weighted by Gasteiger charge is -2.18. The van der Waals surface area contributed by atoms with Gasteiger partial charge in [-0.2, -0.15) is 0 Å². The number of nitrogens with zero attached hydrogens (tertiary/aromatic N) is 3. The van der Waals surface area contributed by atoms with E-state index in [1.807, 2.05) is 18.2 Å². The van der Waals surface area contributed by atoms with Crippen LogP contribution in [0.5, 0.6) is 0 Å². The normalized spacial score (nSPS) is 14.5. The van der Waals surface area contributed by atoms with Crippen molar-refractivity contribution in [1.82, 2.24) is 0 Å². The van der Waals surface area contributed by atoms with E-state index in [4.69, 9.17) is 5.39 Å². The highest BCUT2D eigenvalue weighted by Gasteiger charge is 2.17. The van der Waals surface area contributed by atoms with Gasteiger partial charge in [0.05, 0.1) is 5.69 Å². The summed E-state index contributed by atoms with van der Waals surface area (Å²) in [5, 5.41) is 8.61. The van der Waals surface area contributed by atoms with Crippen molar-refractivity contribution < 1.29 is 12.4 Å². The Kier molecular flexibility index (Phi) is 4.37. The number of halogens is 2. The van der Waals surface area contributed by atoms with E-state index in [1.165, 1.54) is 18.5 Å². The summed E-state index contributed by atoms with van der Waals surface area (Å²) in [6.45, 7) is 2.24. The molecule has 1 aliphatic heterocycles. The molecular formula is C10H11BrClN3. The van der Waals surface area contributed by atoms with E-state index >= 15 is 0 Å². The lowest BCUT2D eigenvalue weighted by atomic mass is 10.2. The molecular weight excluding hydrogens is 277 g/mol. The summed E-state index contributed by atoms with van der Waals surface area (Å²) in [4.78, 5) is 5.49. The van der Waals surface area contributed by atoms with Gasteiger partial charge in [0, 0.05) is 29.7 Å². The first-order valence-corrected chi connectivity index (χ1v) is 5.50. The SMILES string of the molecule is N#[N+]c1ccc(N2CCCC2)c(Br)c1.[Cl-]. The van der Waals surface area contributed by atoms with Gasteiger partial charge >= 0.3 is 5.69 Å². The number of hydrogen-bond acceptors (Lipinski definition) is 2. The van der Waals surface area contributed by atoms with Crippen LogP contribution in [0.15, 0.2) is 22.7 Å². The zero-order chi connectivity index (χ0) is 9.97. The van der Waals surface area contributed by atoms with E-state index < -0.39 is 0 Å². The van der Waals surface area contributed by atoms with Crippen LogP contribution in [0, 0.1) is 5.39 Å². The predicted octanol–water partition coefficient (Wildman–Crippen LogP) is 0.538. The molecule has 0 amide bonds. The second-order valence-electron chi connectivity index (χ2n) is 3.43. The fraction of sp³-hybridized carbons (Fsp3) is 0.400. The van der Waals surface area contributed by atoms with Gasteiger partial charge in [0.25, 0.3) is 0 Å². The Morgan fingerprint density at radius 2 is 1.93 bits per heavy atom. The quantitative estimate of drug-likeness (QED) is 0.706. The molecule has 1 fully saturated rings. The van der Waals surface area contributed by atoms with Crippen LogP contribution in [0.2, 0.25) is 0 Å². The van der Waals surface area contributed by atoms with Crippen LogP contribution in [-0.2, 0) is 0 Å². The van der Waals surface area contributed by atoms with Gasteiger partial charge in [-0.1, -0.05) is 0 Å². The molecule has 0 radical (unpaired) electrons. The van der Waals surface area contributed by atoms with Gasteiger partial charge < -0.3 is 17.3 Å². The van der Waals surface area contributed by atoms with E-state index in [0.29, 0.717) is 5.69 Å². The molecule has 0 aromatic heterocycles. The third-order valence-corrected chi connectivity index (χ3v) is 3.13. The fourth-order valence-corrected chi connectivity index (χ4v) is 2.39. The number of anilines is 1. The van der Waals surface area contributed by atoms with Crippen molar-refractivity contribution in [3.8, 4) is 0 Å². The van der Waals surface area contributed by atoms with Gasteiger partial charge in [-0.25, -0.2) is 0 Å². The van der Waals surface area contributed by atoms with Crippen LogP contribution in [-0.4, -0.2) is 13.1 Å². The maximum Gasteiger partial charge on any atom is 0.386 e. The Morgan fingerprint density at radius 3 is 2.47 bits per heavy atom. The molecule has 1 aliphatic rings. The average Bonchev–Trinajstić information content (AvgIpc) is 2.70. The molecule has 0 unspecified atom stereocenters. The minimum absolute atomic E-state index is 0. The van der Waals surface area contributed by atoms with Crippen molar-refractivity contribution in [3.05, 3.63) is 27.6 Å². The molecule has 1 aromatic rings. The third-order valence-electron chi connectivity index (χ3n) is 2.49. The molecule has 80 valence electrons. The van der Waals surface area contributed by atoms with Crippen LogP contribution in [0.3, 0.4) is 0 Å². The largest absolute Gasteiger partial charge is 1.00 e. The maximum atomic E-state index is 8.61. The van der Waals surface area contributed by atoms with Crippen LogP contribution in [0.4, 0.5) is 11.4 Å². The van der Waals surface area contributed by atoms with Crippen LogP contribution < -0.4 is 17.3 Å². The molecule has 0 N–H and O–H groups in total. The first kappa shape index (κ1) is 12.3. The Morgan fingerprint density at radius 1 is 1.27 bits per heavy atom. The zero-order valence-corrected chi connectivity index (χ0v) is 10.5. The first-order chi connectivity index (χ1) is 6.81. The van der Waals surface area contributed by atoms with Crippen LogP contribution in [0.25, 0.3) is 4.98 Å². The zero-order valence-electron chi connectivity index (χ0n) is 8.16. The van der Waals surface area contributed by atoms with Gasteiger partial charge in [-0.3, -0.25) is 0 Å². The van der Waals surface area contributed by atoms with Crippen LogP contribution in [0.1, 0.15) is 12.8 Å². The van der Waals surface area contributed by atoms with E-state index in [-0.39, 0.29) is 12.4 Å².